The second-order valence-corrected chi connectivity index (χ2v) is 6.01. The molecule has 2 aromatic rings. The Balaban J connectivity index is 1.46. The van der Waals surface area contributed by atoms with Crippen LogP contribution in [0.3, 0.4) is 0 Å². The lowest BCUT2D eigenvalue weighted by Gasteiger charge is -2.30. The predicted molar refractivity (Wildman–Crippen MR) is 93.0 cm³/mol. The second-order valence-electron chi connectivity index (χ2n) is 6.01. The van der Waals surface area contributed by atoms with Crippen LogP contribution in [-0.2, 0) is 4.79 Å². The maximum absolute atomic E-state index is 12.0. The van der Waals surface area contributed by atoms with Crippen LogP contribution in [0.2, 0.25) is 0 Å². The molecule has 1 aromatic heterocycles. The zero-order valence-electron chi connectivity index (χ0n) is 14.5. The first-order valence-corrected chi connectivity index (χ1v) is 8.48. The molecule has 0 radical (unpaired) electrons. The Hall–Kier alpha value is -2.54. The van der Waals surface area contributed by atoms with Crippen LogP contribution in [-0.4, -0.2) is 48.3 Å². The van der Waals surface area contributed by atoms with Gasteiger partial charge in [0.1, 0.15) is 18.5 Å². The lowest BCUT2D eigenvalue weighted by atomic mass is 10.2. The molecule has 2 heterocycles. The van der Waals surface area contributed by atoms with Gasteiger partial charge in [0.25, 0.3) is 0 Å². The molecule has 0 saturated heterocycles. The molecule has 0 bridgehead atoms. The maximum Gasteiger partial charge on any atom is 0.226 e. The summed E-state index contributed by atoms with van der Waals surface area (Å²) in [5, 5.41) is 6.49. The number of likely N-dealkylation sites (N-methyl/N-ethyl adjacent to an activating group) is 1. The highest BCUT2D eigenvalue weighted by molar-refractivity contribution is 5.89. The van der Waals surface area contributed by atoms with Crippen molar-refractivity contribution in [1.29, 1.82) is 0 Å². The number of hydrogen-bond donors (Lipinski definition) is 1. The van der Waals surface area contributed by atoms with E-state index in [0.717, 1.165) is 18.0 Å². The minimum Gasteiger partial charge on any atom is -0.486 e. The van der Waals surface area contributed by atoms with Crippen LogP contribution < -0.4 is 14.8 Å². The SMILES string of the molecule is CCN(CCC(=O)Nc1cc(C)on1)C[C@@H]1COc2ccccc2O1. The van der Waals surface area contributed by atoms with Crippen molar-refractivity contribution in [2.24, 2.45) is 0 Å². The summed E-state index contributed by atoms with van der Waals surface area (Å²) < 4.78 is 16.7. The number of anilines is 1. The molecule has 0 unspecified atom stereocenters. The van der Waals surface area contributed by atoms with E-state index in [-0.39, 0.29) is 12.0 Å². The molecule has 1 aliphatic heterocycles. The topological polar surface area (TPSA) is 76.8 Å². The molecule has 7 heteroatoms. The third kappa shape index (κ3) is 4.73. The van der Waals surface area contributed by atoms with Gasteiger partial charge in [0, 0.05) is 25.6 Å². The van der Waals surface area contributed by atoms with Gasteiger partial charge in [-0.25, -0.2) is 0 Å². The Bertz CT molecular complexity index is 716. The maximum atomic E-state index is 12.0. The zero-order valence-corrected chi connectivity index (χ0v) is 14.5. The lowest BCUT2D eigenvalue weighted by molar-refractivity contribution is -0.116. The van der Waals surface area contributed by atoms with Crippen molar-refractivity contribution in [1.82, 2.24) is 10.1 Å². The number of carbonyl (C=O) groups excluding carboxylic acids is 1. The van der Waals surface area contributed by atoms with E-state index in [1.54, 1.807) is 13.0 Å². The summed E-state index contributed by atoms with van der Waals surface area (Å²) in [6.07, 6.45) is 0.334. The van der Waals surface area contributed by atoms with Crippen LogP contribution in [0.15, 0.2) is 34.9 Å². The number of fused-ring (bicyclic) bond motifs is 1. The smallest absolute Gasteiger partial charge is 0.226 e. The first kappa shape index (κ1) is 17.3. The summed E-state index contributed by atoms with van der Waals surface area (Å²) >= 11 is 0. The van der Waals surface area contributed by atoms with Crippen LogP contribution in [0.25, 0.3) is 0 Å². The number of carbonyl (C=O) groups is 1. The number of ether oxygens (including phenoxy) is 2. The molecular formula is C18H23N3O4. The van der Waals surface area contributed by atoms with Gasteiger partial charge in [0.15, 0.2) is 17.3 Å². The van der Waals surface area contributed by atoms with Gasteiger partial charge in [-0.3, -0.25) is 9.69 Å². The van der Waals surface area contributed by atoms with E-state index in [9.17, 15) is 4.79 Å². The van der Waals surface area contributed by atoms with Gasteiger partial charge >= 0.3 is 0 Å². The van der Waals surface area contributed by atoms with Gasteiger partial charge in [-0.05, 0) is 25.6 Å². The largest absolute Gasteiger partial charge is 0.486 e. The van der Waals surface area contributed by atoms with Gasteiger partial charge in [-0.15, -0.1) is 0 Å². The Labute approximate surface area is 146 Å². The van der Waals surface area contributed by atoms with E-state index in [4.69, 9.17) is 14.0 Å². The standard InChI is InChI=1S/C18H23N3O4/c1-3-21(9-8-18(22)19-17-10-13(2)25-20-17)11-14-12-23-15-6-4-5-7-16(15)24-14/h4-7,10,14H,3,8-9,11-12H2,1-2H3,(H,19,20,22)/t14-/m1/s1. The molecular weight excluding hydrogens is 322 g/mol. The molecule has 7 nitrogen and oxygen atoms in total. The molecule has 1 aromatic carbocycles. The molecule has 1 amide bonds. The van der Waals surface area contributed by atoms with E-state index in [1.807, 2.05) is 24.3 Å². The number of benzene rings is 1. The normalized spacial score (nSPS) is 16.0. The minimum absolute atomic E-state index is 0.0453. The Morgan fingerprint density at radius 2 is 2.16 bits per heavy atom. The van der Waals surface area contributed by atoms with Crippen molar-refractivity contribution < 1.29 is 18.8 Å². The molecule has 0 spiro atoms. The molecule has 1 atom stereocenters. The molecule has 1 aliphatic rings. The molecule has 25 heavy (non-hydrogen) atoms. The molecule has 1 N–H and O–H groups in total. The number of para-hydroxylation sites is 2. The fourth-order valence-electron chi connectivity index (χ4n) is 2.71. The van der Waals surface area contributed by atoms with Gasteiger partial charge in [-0.1, -0.05) is 24.2 Å². The third-order valence-electron chi connectivity index (χ3n) is 4.03. The van der Waals surface area contributed by atoms with E-state index < -0.39 is 0 Å². The first-order chi connectivity index (χ1) is 12.1. The van der Waals surface area contributed by atoms with E-state index >= 15 is 0 Å². The van der Waals surface area contributed by atoms with E-state index in [1.165, 1.54) is 0 Å². The predicted octanol–water partition coefficient (Wildman–Crippen LogP) is 2.47. The molecule has 0 fully saturated rings. The quantitative estimate of drug-likeness (QED) is 0.831. The van der Waals surface area contributed by atoms with Crippen LogP contribution in [0.5, 0.6) is 11.5 Å². The Morgan fingerprint density at radius 1 is 1.36 bits per heavy atom. The third-order valence-corrected chi connectivity index (χ3v) is 4.03. The average Bonchev–Trinajstić information content (AvgIpc) is 3.03. The Morgan fingerprint density at radius 3 is 2.88 bits per heavy atom. The van der Waals surface area contributed by atoms with Crippen LogP contribution >= 0.6 is 0 Å². The second kappa shape index (κ2) is 8.02. The first-order valence-electron chi connectivity index (χ1n) is 8.48. The van der Waals surface area contributed by atoms with Gasteiger partial charge in [0.05, 0.1) is 0 Å². The highest BCUT2D eigenvalue weighted by Gasteiger charge is 2.22. The van der Waals surface area contributed by atoms with Crippen LogP contribution in [0.1, 0.15) is 19.1 Å². The molecule has 134 valence electrons. The highest BCUT2D eigenvalue weighted by Crippen LogP contribution is 2.30. The number of nitrogens with one attached hydrogen (secondary N) is 1. The number of hydrogen-bond acceptors (Lipinski definition) is 6. The fraction of sp³-hybridized carbons (Fsp3) is 0.444. The highest BCUT2D eigenvalue weighted by atomic mass is 16.6. The number of aryl methyl sites for hydroxylation is 1. The lowest BCUT2D eigenvalue weighted by Crippen LogP contribution is -2.41. The summed E-state index contributed by atoms with van der Waals surface area (Å²) in [6, 6.07) is 9.36. The number of rotatable bonds is 7. The van der Waals surface area contributed by atoms with Crippen molar-refractivity contribution >= 4 is 11.7 Å². The summed E-state index contributed by atoms with van der Waals surface area (Å²) in [5.41, 5.74) is 0. The van der Waals surface area contributed by atoms with E-state index in [2.05, 4.69) is 22.3 Å². The number of amides is 1. The van der Waals surface area contributed by atoms with Gasteiger partial charge < -0.3 is 19.3 Å². The van der Waals surface area contributed by atoms with Crippen molar-refractivity contribution in [2.75, 3.05) is 31.6 Å². The summed E-state index contributed by atoms with van der Waals surface area (Å²) in [7, 11) is 0. The van der Waals surface area contributed by atoms with Gasteiger partial charge in [-0.2, -0.15) is 0 Å². The summed E-state index contributed by atoms with van der Waals surface area (Å²) in [5.74, 6) is 2.59. The van der Waals surface area contributed by atoms with E-state index in [0.29, 0.717) is 37.7 Å². The van der Waals surface area contributed by atoms with Crippen molar-refractivity contribution in [2.45, 2.75) is 26.4 Å². The zero-order chi connectivity index (χ0) is 17.6. The number of aromatic nitrogens is 1. The van der Waals surface area contributed by atoms with Gasteiger partial charge in [0.2, 0.25) is 5.91 Å². The number of nitrogens with zero attached hydrogens (tertiary/aromatic N) is 2. The van der Waals surface area contributed by atoms with Crippen LogP contribution in [0, 0.1) is 6.92 Å². The minimum atomic E-state index is -0.0853. The summed E-state index contributed by atoms with van der Waals surface area (Å²) in [6.45, 7) is 6.54. The Kier molecular flexibility index (Phi) is 5.55. The van der Waals surface area contributed by atoms with Crippen molar-refractivity contribution in [3.8, 4) is 11.5 Å². The molecule has 0 saturated carbocycles. The van der Waals surface area contributed by atoms with Crippen molar-refractivity contribution in [3.05, 3.63) is 36.1 Å². The monoisotopic (exact) mass is 345 g/mol. The molecule has 3 rings (SSSR count). The fourth-order valence-corrected chi connectivity index (χ4v) is 2.71. The van der Waals surface area contributed by atoms with Crippen LogP contribution in [0.4, 0.5) is 5.82 Å². The average molecular weight is 345 g/mol. The molecule has 0 aliphatic carbocycles. The summed E-state index contributed by atoms with van der Waals surface area (Å²) in [4.78, 5) is 14.2. The van der Waals surface area contributed by atoms with Crippen molar-refractivity contribution in [3.63, 3.8) is 0 Å².